The van der Waals surface area contributed by atoms with E-state index in [1.165, 1.54) is 5.56 Å². The Balaban J connectivity index is 2.36. The van der Waals surface area contributed by atoms with Gasteiger partial charge in [0.2, 0.25) is 0 Å². The Bertz CT molecular complexity index is 949. The summed E-state index contributed by atoms with van der Waals surface area (Å²) in [6.45, 7) is 6.02. The Labute approximate surface area is 133 Å². The van der Waals surface area contributed by atoms with E-state index in [2.05, 4.69) is 13.1 Å². The van der Waals surface area contributed by atoms with Crippen molar-refractivity contribution in [1.82, 2.24) is 4.40 Å². The van der Waals surface area contributed by atoms with Crippen molar-refractivity contribution in [2.75, 3.05) is 6.61 Å². The van der Waals surface area contributed by atoms with E-state index in [-0.39, 0.29) is 12.2 Å². The number of aryl methyl sites for hydroxylation is 2. The van der Waals surface area contributed by atoms with Gasteiger partial charge in [0.05, 0.1) is 17.8 Å². The highest BCUT2D eigenvalue weighted by atomic mass is 16.5. The average molecular weight is 313 g/mol. The molecule has 23 heavy (non-hydrogen) atoms. The van der Waals surface area contributed by atoms with Crippen molar-refractivity contribution in [3.63, 3.8) is 0 Å². The van der Waals surface area contributed by atoms with Gasteiger partial charge in [-0.2, -0.15) is 0 Å². The summed E-state index contributed by atoms with van der Waals surface area (Å²) in [6, 6.07) is 5.62. The zero-order valence-electron chi connectivity index (χ0n) is 13.5. The molecule has 120 valence electrons. The largest absolute Gasteiger partial charge is 0.462 e. The summed E-state index contributed by atoms with van der Waals surface area (Å²) >= 11 is 0. The van der Waals surface area contributed by atoms with Crippen LogP contribution in [0.1, 0.15) is 42.4 Å². The van der Waals surface area contributed by atoms with Crippen molar-refractivity contribution in [2.24, 2.45) is 0 Å². The molecule has 3 rings (SSSR count). The molecule has 0 unspecified atom stereocenters. The van der Waals surface area contributed by atoms with Crippen LogP contribution in [0.15, 0.2) is 33.6 Å². The first-order chi connectivity index (χ1) is 11.1. The quantitative estimate of drug-likeness (QED) is 0.693. The zero-order valence-corrected chi connectivity index (χ0v) is 13.5. The molecule has 0 saturated carbocycles. The van der Waals surface area contributed by atoms with Crippen LogP contribution >= 0.6 is 0 Å². The number of rotatable bonds is 4. The van der Waals surface area contributed by atoms with Crippen LogP contribution in [-0.2, 0) is 17.6 Å². The van der Waals surface area contributed by atoms with E-state index in [0.29, 0.717) is 5.58 Å². The van der Waals surface area contributed by atoms with Crippen LogP contribution in [0.2, 0.25) is 0 Å². The van der Waals surface area contributed by atoms with Gasteiger partial charge in [-0.25, -0.2) is 9.59 Å². The molecule has 0 atom stereocenters. The summed E-state index contributed by atoms with van der Waals surface area (Å²) in [6.07, 6.45) is 3.70. The molecule has 0 N–H and O–H groups in total. The Kier molecular flexibility index (Phi) is 3.94. The third-order valence-electron chi connectivity index (χ3n) is 4.03. The second-order valence-electron chi connectivity index (χ2n) is 5.36. The first kappa shape index (κ1) is 15.3. The van der Waals surface area contributed by atoms with Crippen molar-refractivity contribution in [2.45, 2.75) is 33.6 Å². The van der Waals surface area contributed by atoms with E-state index in [1.807, 2.05) is 23.5 Å². The number of aromatic nitrogens is 1. The van der Waals surface area contributed by atoms with Gasteiger partial charge < -0.3 is 13.6 Å². The number of fused-ring (bicyclic) bond motifs is 3. The van der Waals surface area contributed by atoms with Crippen molar-refractivity contribution < 1.29 is 13.9 Å². The molecule has 5 nitrogen and oxygen atoms in total. The molecule has 5 heteroatoms. The van der Waals surface area contributed by atoms with Crippen LogP contribution < -0.4 is 5.63 Å². The molecule has 0 radical (unpaired) electrons. The maximum atomic E-state index is 12.1. The summed E-state index contributed by atoms with van der Waals surface area (Å²) in [5.41, 5.74) is 2.87. The molecule has 0 saturated heterocycles. The van der Waals surface area contributed by atoms with Crippen LogP contribution in [0, 0.1) is 0 Å². The molecule has 3 aromatic rings. The highest BCUT2D eigenvalue weighted by Crippen LogP contribution is 2.27. The SMILES string of the molecule is CCOC(=O)c1cc2c(oc1=O)c(CC)n1cc(CC)ccc21. The second-order valence-corrected chi connectivity index (χ2v) is 5.36. The van der Waals surface area contributed by atoms with Crippen LogP contribution in [0.4, 0.5) is 0 Å². The lowest BCUT2D eigenvalue weighted by atomic mass is 10.2. The van der Waals surface area contributed by atoms with Crippen LogP contribution in [0.5, 0.6) is 0 Å². The van der Waals surface area contributed by atoms with Gasteiger partial charge in [0.1, 0.15) is 5.56 Å². The lowest BCUT2D eigenvalue weighted by Crippen LogP contribution is -2.16. The number of carbonyl (C=O) groups excluding carboxylic acids is 1. The first-order valence-corrected chi connectivity index (χ1v) is 7.87. The van der Waals surface area contributed by atoms with Crippen molar-refractivity contribution in [3.8, 4) is 0 Å². The maximum Gasteiger partial charge on any atom is 0.351 e. The third kappa shape index (κ3) is 2.42. The lowest BCUT2D eigenvalue weighted by molar-refractivity contribution is 0.0522. The van der Waals surface area contributed by atoms with Gasteiger partial charge >= 0.3 is 11.6 Å². The Morgan fingerprint density at radius 3 is 2.65 bits per heavy atom. The molecule has 0 amide bonds. The van der Waals surface area contributed by atoms with Crippen molar-refractivity contribution in [3.05, 3.63) is 51.6 Å². The Hall–Kier alpha value is -2.56. The highest BCUT2D eigenvalue weighted by molar-refractivity contribution is 6.00. The van der Waals surface area contributed by atoms with E-state index in [0.717, 1.165) is 29.4 Å². The standard InChI is InChI=1S/C18H19NO4/c1-4-11-7-8-15-12-9-13(17(20)22-6-3)18(21)23-16(12)14(5-2)19(15)10-11/h7-10H,4-6H2,1-3H3. The molecular formula is C18H19NO4. The van der Waals surface area contributed by atoms with Crippen molar-refractivity contribution in [1.29, 1.82) is 0 Å². The average Bonchev–Trinajstić information content (AvgIpc) is 2.85. The smallest absolute Gasteiger partial charge is 0.351 e. The van der Waals surface area contributed by atoms with E-state index in [1.54, 1.807) is 13.0 Å². The van der Waals surface area contributed by atoms with Crippen LogP contribution in [-0.4, -0.2) is 17.0 Å². The first-order valence-electron chi connectivity index (χ1n) is 7.87. The van der Waals surface area contributed by atoms with E-state index in [4.69, 9.17) is 9.15 Å². The van der Waals surface area contributed by atoms with Gasteiger partial charge in [-0.1, -0.05) is 19.9 Å². The number of ether oxygens (including phenoxy) is 1. The second kappa shape index (κ2) is 5.91. The van der Waals surface area contributed by atoms with E-state index in [9.17, 15) is 9.59 Å². The van der Waals surface area contributed by atoms with Gasteiger partial charge in [0.15, 0.2) is 5.58 Å². The summed E-state index contributed by atoms with van der Waals surface area (Å²) in [5.74, 6) is -0.647. The number of carbonyl (C=O) groups is 1. The molecule has 0 bridgehead atoms. The molecule has 0 spiro atoms. The predicted octanol–water partition coefficient (Wildman–Crippen LogP) is 3.35. The highest BCUT2D eigenvalue weighted by Gasteiger charge is 2.20. The Morgan fingerprint density at radius 1 is 1.22 bits per heavy atom. The minimum Gasteiger partial charge on any atom is -0.462 e. The Morgan fingerprint density at radius 2 is 2.00 bits per heavy atom. The van der Waals surface area contributed by atoms with Gasteiger partial charge in [0.25, 0.3) is 0 Å². The number of hydrogen-bond acceptors (Lipinski definition) is 4. The third-order valence-corrected chi connectivity index (χ3v) is 4.03. The van der Waals surface area contributed by atoms with Crippen LogP contribution in [0.25, 0.3) is 16.5 Å². The monoisotopic (exact) mass is 313 g/mol. The number of hydrogen-bond donors (Lipinski definition) is 0. The fourth-order valence-electron chi connectivity index (χ4n) is 2.86. The van der Waals surface area contributed by atoms with Gasteiger partial charge in [-0.15, -0.1) is 0 Å². The molecule has 0 aromatic carbocycles. The summed E-state index contributed by atoms with van der Waals surface area (Å²) in [4.78, 5) is 24.1. The van der Waals surface area contributed by atoms with Crippen molar-refractivity contribution >= 4 is 22.5 Å². The van der Waals surface area contributed by atoms with Crippen LogP contribution in [0.3, 0.4) is 0 Å². The van der Waals surface area contributed by atoms with Gasteiger partial charge in [-0.3, -0.25) is 0 Å². The number of pyridine rings is 1. The molecule has 3 heterocycles. The summed E-state index contributed by atoms with van der Waals surface area (Å²) in [5, 5.41) is 0.757. The number of esters is 1. The predicted molar refractivity (Wildman–Crippen MR) is 88.2 cm³/mol. The normalized spacial score (nSPS) is 11.3. The molecule has 0 aliphatic heterocycles. The minimum absolute atomic E-state index is 0.0610. The maximum absolute atomic E-state index is 12.1. The zero-order chi connectivity index (χ0) is 16.6. The number of nitrogens with zero attached hydrogens (tertiary/aromatic N) is 1. The van der Waals surface area contributed by atoms with Gasteiger partial charge in [0, 0.05) is 11.6 Å². The van der Waals surface area contributed by atoms with E-state index < -0.39 is 11.6 Å². The molecular weight excluding hydrogens is 294 g/mol. The molecule has 0 fully saturated rings. The van der Waals surface area contributed by atoms with Gasteiger partial charge in [-0.05, 0) is 37.5 Å². The summed E-state index contributed by atoms with van der Waals surface area (Å²) < 4.78 is 12.4. The fourth-order valence-corrected chi connectivity index (χ4v) is 2.86. The summed E-state index contributed by atoms with van der Waals surface area (Å²) in [7, 11) is 0. The van der Waals surface area contributed by atoms with E-state index >= 15 is 0 Å². The lowest BCUT2D eigenvalue weighted by Gasteiger charge is -2.02. The topological polar surface area (TPSA) is 60.9 Å². The molecule has 3 aromatic heterocycles. The minimum atomic E-state index is -0.655. The molecule has 0 aliphatic carbocycles. The fraction of sp³-hybridized carbons (Fsp3) is 0.333. The molecule has 0 aliphatic rings.